The Morgan fingerprint density at radius 2 is 1.43 bits per heavy atom. The molecule has 0 saturated heterocycles. The maximum Gasteiger partial charge on any atom is 0.251 e. The average molecular weight is 381 g/mol. The number of carbonyl (C=O) groups excluding carboxylic acids is 2. The molecule has 0 aliphatic heterocycles. The number of primary amides is 1. The van der Waals surface area contributed by atoms with E-state index >= 15 is 0 Å². The molecular formula is C22H24FN3O2. The minimum Gasteiger partial charge on any atom is -0.368 e. The molecule has 5 nitrogen and oxygen atoms in total. The standard InChI is InChI=1S/C20H20FN3O2.C2H4/c1-20(2,23)17(18(22)25)24-19(26)15-9-5-13(6-10-15)3-4-14-7-11-16(21)12-8-14;1-2/h5-12,17H,23H2,1-2H3,(H2,22,25)(H,24,26);1-2H2. The summed E-state index contributed by atoms with van der Waals surface area (Å²) < 4.78 is 12.9. The molecule has 0 spiro atoms. The molecule has 2 amide bonds. The van der Waals surface area contributed by atoms with E-state index in [1.54, 1.807) is 50.2 Å². The molecule has 1 unspecified atom stereocenters. The Balaban J connectivity index is 0.00000190. The van der Waals surface area contributed by atoms with Crippen molar-refractivity contribution in [2.75, 3.05) is 0 Å². The molecule has 2 aromatic rings. The summed E-state index contributed by atoms with van der Waals surface area (Å²) in [7, 11) is 0. The van der Waals surface area contributed by atoms with Crippen LogP contribution >= 0.6 is 0 Å². The van der Waals surface area contributed by atoms with E-state index in [2.05, 4.69) is 30.3 Å². The van der Waals surface area contributed by atoms with E-state index < -0.39 is 23.4 Å². The first-order valence-electron chi connectivity index (χ1n) is 8.43. The fourth-order valence-electron chi connectivity index (χ4n) is 2.22. The Kier molecular flexibility index (Phi) is 8.11. The first-order chi connectivity index (χ1) is 13.2. The van der Waals surface area contributed by atoms with Gasteiger partial charge in [0.2, 0.25) is 5.91 Å². The van der Waals surface area contributed by atoms with Crippen LogP contribution in [-0.2, 0) is 4.79 Å². The van der Waals surface area contributed by atoms with Crippen LogP contribution in [0, 0.1) is 17.7 Å². The normalized spacial score (nSPS) is 11.1. The molecule has 2 rings (SSSR count). The molecule has 0 aromatic heterocycles. The third-order valence-corrected chi connectivity index (χ3v) is 3.65. The molecule has 0 aliphatic rings. The van der Waals surface area contributed by atoms with Crippen molar-refractivity contribution in [2.24, 2.45) is 11.5 Å². The van der Waals surface area contributed by atoms with Crippen LogP contribution in [0.3, 0.4) is 0 Å². The number of halogens is 1. The zero-order valence-corrected chi connectivity index (χ0v) is 16.0. The van der Waals surface area contributed by atoms with Gasteiger partial charge in [-0.15, -0.1) is 13.2 Å². The maximum absolute atomic E-state index is 12.9. The van der Waals surface area contributed by atoms with E-state index in [0.717, 1.165) is 0 Å². The first-order valence-corrected chi connectivity index (χ1v) is 8.43. The van der Waals surface area contributed by atoms with Gasteiger partial charge in [0, 0.05) is 22.2 Å². The molecule has 0 radical (unpaired) electrons. The number of nitrogens with one attached hydrogen (secondary N) is 1. The minimum atomic E-state index is -0.993. The van der Waals surface area contributed by atoms with Crippen molar-refractivity contribution in [3.8, 4) is 11.8 Å². The van der Waals surface area contributed by atoms with Crippen molar-refractivity contribution in [3.05, 3.63) is 84.2 Å². The van der Waals surface area contributed by atoms with Crippen molar-refractivity contribution >= 4 is 11.8 Å². The number of rotatable bonds is 4. The second-order valence-corrected chi connectivity index (χ2v) is 6.46. The van der Waals surface area contributed by atoms with Crippen molar-refractivity contribution < 1.29 is 14.0 Å². The van der Waals surface area contributed by atoms with E-state index in [9.17, 15) is 14.0 Å². The zero-order chi connectivity index (χ0) is 21.3. The minimum absolute atomic E-state index is 0.319. The van der Waals surface area contributed by atoms with E-state index in [4.69, 9.17) is 11.5 Å². The molecule has 0 fully saturated rings. The van der Waals surface area contributed by atoms with Crippen molar-refractivity contribution in [2.45, 2.75) is 25.4 Å². The fourth-order valence-corrected chi connectivity index (χ4v) is 2.22. The molecule has 0 saturated carbocycles. The topological polar surface area (TPSA) is 98.2 Å². The number of amides is 2. The van der Waals surface area contributed by atoms with Gasteiger partial charge in [-0.25, -0.2) is 4.39 Å². The lowest BCUT2D eigenvalue weighted by Crippen LogP contribution is -2.60. The van der Waals surface area contributed by atoms with Crippen LogP contribution in [0.15, 0.2) is 61.7 Å². The Labute approximate surface area is 164 Å². The summed E-state index contributed by atoms with van der Waals surface area (Å²) in [6.45, 7) is 9.22. The van der Waals surface area contributed by atoms with Crippen molar-refractivity contribution in [1.29, 1.82) is 0 Å². The van der Waals surface area contributed by atoms with Gasteiger partial charge < -0.3 is 16.8 Å². The highest BCUT2D eigenvalue weighted by atomic mass is 19.1. The number of carbonyl (C=O) groups is 2. The summed E-state index contributed by atoms with van der Waals surface area (Å²) in [4.78, 5) is 23.8. The Hall–Kier alpha value is -3.43. The second kappa shape index (κ2) is 10.0. The molecule has 2 aromatic carbocycles. The van der Waals surface area contributed by atoms with Gasteiger partial charge in [0.1, 0.15) is 11.9 Å². The summed E-state index contributed by atoms with van der Waals surface area (Å²) in [6.07, 6.45) is 0. The molecule has 5 N–H and O–H groups in total. The average Bonchev–Trinajstić information content (AvgIpc) is 2.66. The smallest absolute Gasteiger partial charge is 0.251 e. The van der Waals surface area contributed by atoms with Crippen LogP contribution < -0.4 is 16.8 Å². The molecule has 0 heterocycles. The largest absolute Gasteiger partial charge is 0.368 e. The number of hydrogen-bond acceptors (Lipinski definition) is 3. The van der Waals surface area contributed by atoms with Gasteiger partial charge in [0.15, 0.2) is 0 Å². The van der Waals surface area contributed by atoms with Crippen LogP contribution in [0.1, 0.15) is 35.3 Å². The van der Waals surface area contributed by atoms with Crippen molar-refractivity contribution in [1.82, 2.24) is 5.32 Å². The summed E-state index contributed by atoms with van der Waals surface area (Å²) >= 11 is 0. The molecular weight excluding hydrogens is 357 g/mol. The second-order valence-electron chi connectivity index (χ2n) is 6.46. The van der Waals surface area contributed by atoms with E-state index in [0.29, 0.717) is 16.7 Å². The first kappa shape index (κ1) is 22.6. The Morgan fingerprint density at radius 3 is 1.82 bits per heavy atom. The Bertz CT molecular complexity index is 873. The van der Waals surface area contributed by atoms with Gasteiger partial charge in [-0.1, -0.05) is 11.8 Å². The lowest BCUT2D eigenvalue weighted by molar-refractivity contribution is -0.121. The van der Waals surface area contributed by atoms with Gasteiger partial charge in [0.05, 0.1) is 0 Å². The van der Waals surface area contributed by atoms with Crippen LogP contribution in [0.2, 0.25) is 0 Å². The number of benzene rings is 2. The molecule has 1 atom stereocenters. The zero-order valence-electron chi connectivity index (χ0n) is 16.0. The van der Waals surface area contributed by atoms with E-state index in [1.807, 2.05) is 0 Å². The predicted octanol–water partition coefficient (Wildman–Crippen LogP) is 2.35. The third-order valence-electron chi connectivity index (χ3n) is 3.65. The van der Waals surface area contributed by atoms with Crippen LogP contribution in [0.4, 0.5) is 4.39 Å². The van der Waals surface area contributed by atoms with Gasteiger partial charge in [-0.05, 0) is 62.4 Å². The number of hydrogen-bond donors (Lipinski definition) is 3. The quantitative estimate of drug-likeness (QED) is 0.560. The van der Waals surface area contributed by atoms with Crippen LogP contribution in [-0.4, -0.2) is 23.4 Å². The van der Waals surface area contributed by atoms with E-state index in [-0.39, 0.29) is 5.82 Å². The summed E-state index contributed by atoms with van der Waals surface area (Å²) in [5.74, 6) is 4.37. The summed E-state index contributed by atoms with van der Waals surface area (Å²) in [5.41, 5.74) is 11.9. The summed E-state index contributed by atoms with van der Waals surface area (Å²) in [5, 5.41) is 2.55. The molecule has 0 aliphatic carbocycles. The number of nitrogens with two attached hydrogens (primary N) is 2. The summed E-state index contributed by atoms with van der Waals surface area (Å²) in [6, 6.07) is 11.4. The molecule has 6 heteroatoms. The highest BCUT2D eigenvalue weighted by Gasteiger charge is 2.31. The SMILES string of the molecule is C=C.CC(C)(N)C(NC(=O)c1ccc(C#Cc2ccc(F)cc2)cc1)C(N)=O. The van der Waals surface area contributed by atoms with Crippen LogP contribution in [0.5, 0.6) is 0 Å². The Morgan fingerprint density at radius 1 is 1.00 bits per heavy atom. The van der Waals surface area contributed by atoms with Crippen LogP contribution in [0.25, 0.3) is 0 Å². The van der Waals surface area contributed by atoms with Crippen molar-refractivity contribution in [3.63, 3.8) is 0 Å². The highest BCUT2D eigenvalue weighted by Crippen LogP contribution is 2.09. The van der Waals surface area contributed by atoms with Gasteiger partial charge in [0.25, 0.3) is 5.91 Å². The molecule has 146 valence electrons. The van der Waals surface area contributed by atoms with Gasteiger partial charge in [-0.2, -0.15) is 0 Å². The predicted molar refractivity (Wildman–Crippen MR) is 109 cm³/mol. The van der Waals surface area contributed by atoms with E-state index in [1.165, 1.54) is 12.1 Å². The highest BCUT2D eigenvalue weighted by molar-refractivity contribution is 5.97. The van der Waals surface area contributed by atoms with Gasteiger partial charge in [-0.3, -0.25) is 9.59 Å². The fraction of sp³-hybridized carbons (Fsp3) is 0.182. The lowest BCUT2D eigenvalue weighted by atomic mass is 9.95. The van der Waals surface area contributed by atoms with Gasteiger partial charge >= 0.3 is 0 Å². The maximum atomic E-state index is 12.9. The monoisotopic (exact) mass is 381 g/mol. The lowest BCUT2D eigenvalue weighted by Gasteiger charge is -2.28. The third kappa shape index (κ3) is 6.71. The molecule has 0 bridgehead atoms. The molecule has 28 heavy (non-hydrogen) atoms.